The largest absolute Gasteiger partial charge is 0.355 e. The van der Waals surface area contributed by atoms with Crippen LogP contribution >= 0.6 is 0 Å². The first-order valence-electron chi connectivity index (χ1n) is 9.45. The van der Waals surface area contributed by atoms with Crippen LogP contribution in [0.5, 0.6) is 0 Å². The number of piperazine rings is 1. The first kappa shape index (κ1) is 18.4. The molecule has 1 aromatic carbocycles. The van der Waals surface area contributed by atoms with Crippen LogP contribution in [-0.2, 0) is 6.42 Å². The average Bonchev–Trinajstić information content (AvgIpc) is 2.69. The number of carbonyl (C=O) groups excluding carboxylic acids is 1. The van der Waals surface area contributed by atoms with Crippen molar-refractivity contribution >= 4 is 17.3 Å². The fraction of sp³-hybridized carbons (Fsp3) is 0.429. The van der Waals surface area contributed by atoms with E-state index >= 15 is 0 Å². The zero-order valence-corrected chi connectivity index (χ0v) is 16.0. The fourth-order valence-electron chi connectivity index (χ4n) is 3.40. The molecule has 0 radical (unpaired) electrons. The maximum Gasteiger partial charge on any atom is 0.272 e. The monoisotopic (exact) mass is 352 g/mol. The number of amides is 1. The summed E-state index contributed by atoms with van der Waals surface area (Å²) < 4.78 is 0. The molecule has 0 bridgehead atoms. The van der Waals surface area contributed by atoms with Crippen LogP contribution in [0, 0.1) is 6.92 Å². The highest BCUT2D eigenvalue weighted by Crippen LogP contribution is 2.25. The molecule has 1 N–H and O–H groups in total. The molecule has 1 amide bonds. The highest BCUT2D eigenvalue weighted by molar-refractivity contribution is 5.93. The van der Waals surface area contributed by atoms with Gasteiger partial charge in [0.2, 0.25) is 0 Å². The molecule has 0 atom stereocenters. The van der Waals surface area contributed by atoms with Gasteiger partial charge in [-0.15, -0.1) is 0 Å². The van der Waals surface area contributed by atoms with E-state index in [9.17, 15) is 4.79 Å². The van der Waals surface area contributed by atoms with Crippen molar-refractivity contribution in [1.29, 1.82) is 0 Å². The Morgan fingerprint density at radius 1 is 1.15 bits per heavy atom. The van der Waals surface area contributed by atoms with E-state index < -0.39 is 0 Å². The average molecular weight is 352 g/mol. The van der Waals surface area contributed by atoms with Gasteiger partial charge in [-0.3, -0.25) is 9.78 Å². The van der Waals surface area contributed by atoms with E-state index in [1.54, 1.807) is 6.20 Å². The van der Waals surface area contributed by atoms with Crippen LogP contribution in [0.4, 0.5) is 11.4 Å². The highest BCUT2D eigenvalue weighted by atomic mass is 16.2. The molecular formula is C21H28N4O. The first-order valence-corrected chi connectivity index (χ1v) is 9.45. The molecular weight excluding hydrogens is 324 g/mol. The minimum Gasteiger partial charge on any atom is -0.355 e. The molecule has 5 nitrogen and oxygen atoms in total. The van der Waals surface area contributed by atoms with Crippen molar-refractivity contribution in [3.05, 3.63) is 53.3 Å². The SMILES string of the molecule is CCc1cccc(C)c1Nc1ccnc(C(=O)N2CCN(CC)CC2)c1. The molecule has 138 valence electrons. The van der Waals surface area contributed by atoms with Gasteiger partial charge in [0, 0.05) is 43.8 Å². The molecule has 1 aliphatic heterocycles. The number of anilines is 2. The molecule has 0 unspecified atom stereocenters. The van der Waals surface area contributed by atoms with Crippen LogP contribution in [0.15, 0.2) is 36.5 Å². The van der Waals surface area contributed by atoms with Crippen molar-refractivity contribution in [1.82, 2.24) is 14.8 Å². The Morgan fingerprint density at radius 2 is 1.92 bits per heavy atom. The second-order valence-electron chi connectivity index (χ2n) is 6.74. The summed E-state index contributed by atoms with van der Waals surface area (Å²) in [5.74, 6) is 0.0184. The zero-order chi connectivity index (χ0) is 18.5. The first-order chi connectivity index (χ1) is 12.6. The Hall–Kier alpha value is -2.40. The van der Waals surface area contributed by atoms with Crippen molar-refractivity contribution in [2.24, 2.45) is 0 Å². The van der Waals surface area contributed by atoms with Crippen LogP contribution in [0.2, 0.25) is 0 Å². The van der Waals surface area contributed by atoms with E-state index in [1.165, 1.54) is 11.1 Å². The van der Waals surface area contributed by atoms with Gasteiger partial charge in [0.15, 0.2) is 0 Å². The number of hydrogen-bond acceptors (Lipinski definition) is 4. The van der Waals surface area contributed by atoms with Crippen LogP contribution in [0.1, 0.15) is 35.5 Å². The van der Waals surface area contributed by atoms with Gasteiger partial charge in [-0.25, -0.2) is 0 Å². The summed E-state index contributed by atoms with van der Waals surface area (Å²) in [7, 11) is 0. The highest BCUT2D eigenvalue weighted by Gasteiger charge is 2.22. The molecule has 1 aliphatic rings. The number of aromatic nitrogens is 1. The minimum absolute atomic E-state index is 0.0184. The number of pyridine rings is 1. The van der Waals surface area contributed by atoms with Crippen molar-refractivity contribution in [2.75, 3.05) is 38.0 Å². The number of para-hydroxylation sites is 1. The quantitative estimate of drug-likeness (QED) is 0.895. The lowest BCUT2D eigenvalue weighted by Gasteiger charge is -2.33. The van der Waals surface area contributed by atoms with Gasteiger partial charge in [0.05, 0.1) is 0 Å². The summed E-state index contributed by atoms with van der Waals surface area (Å²) in [6.07, 6.45) is 2.67. The molecule has 2 heterocycles. The smallest absolute Gasteiger partial charge is 0.272 e. The summed E-state index contributed by atoms with van der Waals surface area (Å²) in [5.41, 5.74) is 5.00. The van der Waals surface area contributed by atoms with Gasteiger partial charge in [-0.1, -0.05) is 32.0 Å². The normalized spacial score (nSPS) is 15.1. The topological polar surface area (TPSA) is 48.5 Å². The van der Waals surface area contributed by atoms with Gasteiger partial charge in [0.1, 0.15) is 5.69 Å². The predicted octanol–water partition coefficient (Wildman–Crippen LogP) is 3.47. The third-order valence-electron chi connectivity index (χ3n) is 5.10. The lowest BCUT2D eigenvalue weighted by molar-refractivity contribution is 0.0637. The van der Waals surface area contributed by atoms with Crippen molar-refractivity contribution in [3.63, 3.8) is 0 Å². The summed E-state index contributed by atoms with van der Waals surface area (Å²) in [6.45, 7) is 10.8. The minimum atomic E-state index is 0.0184. The Balaban J connectivity index is 1.76. The van der Waals surface area contributed by atoms with Gasteiger partial charge in [0.25, 0.3) is 5.91 Å². The number of rotatable bonds is 5. The van der Waals surface area contributed by atoms with E-state index in [0.717, 1.165) is 50.5 Å². The van der Waals surface area contributed by atoms with Gasteiger partial charge >= 0.3 is 0 Å². The van der Waals surface area contributed by atoms with Crippen LogP contribution in [-0.4, -0.2) is 53.4 Å². The maximum atomic E-state index is 12.8. The van der Waals surface area contributed by atoms with E-state index in [2.05, 4.69) is 54.2 Å². The molecule has 1 saturated heterocycles. The molecule has 0 saturated carbocycles. The second kappa shape index (κ2) is 8.32. The lowest BCUT2D eigenvalue weighted by Crippen LogP contribution is -2.48. The van der Waals surface area contributed by atoms with Crippen LogP contribution < -0.4 is 5.32 Å². The fourth-order valence-corrected chi connectivity index (χ4v) is 3.40. The third-order valence-corrected chi connectivity index (χ3v) is 5.10. The number of aryl methyl sites for hydroxylation is 2. The molecule has 1 fully saturated rings. The number of hydrogen-bond donors (Lipinski definition) is 1. The van der Waals surface area contributed by atoms with Crippen LogP contribution in [0.25, 0.3) is 0 Å². The Morgan fingerprint density at radius 3 is 2.62 bits per heavy atom. The molecule has 2 aromatic rings. The summed E-state index contributed by atoms with van der Waals surface area (Å²) in [6, 6.07) is 10.1. The second-order valence-corrected chi connectivity index (χ2v) is 6.74. The van der Waals surface area contributed by atoms with Crippen molar-refractivity contribution < 1.29 is 4.79 Å². The Labute approximate surface area is 156 Å². The predicted molar refractivity (Wildman–Crippen MR) is 106 cm³/mol. The van der Waals surface area contributed by atoms with E-state index in [1.807, 2.05) is 17.0 Å². The van der Waals surface area contributed by atoms with Crippen LogP contribution in [0.3, 0.4) is 0 Å². The number of nitrogens with zero attached hydrogens (tertiary/aromatic N) is 3. The zero-order valence-electron chi connectivity index (χ0n) is 16.0. The standard InChI is InChI=1S/C21H28N4O/c1-4-17-8-6-7-16(3)20(17)23-18-9-10-22-19(15-18)21(26)25-13-11-24(5-2)12-14-25/h6-10,15H,4-5,11-14H2,1-3H3,(H,22,23). The number of nitrogens with one attached hydrogen (secondary N) is 1. The summed E-state index contributed by atoms with van der Waals surface area (Å²) in [5, 5.41) is 3.49. The molecule has 5 heteroatoms. The van der Waals surface area contributed by atoms with Gasteiger partial charge < -0.3 is 15.1 Å². The summed E-state index contributed by atoms with van der Waals surface area (Å²) in [4.78, 5) is 21.4. The van der Waals surface area contributed by atoms with E-state index in [0.29, 0.717) is 5.69 Å². The van der Waals surface area contributed by atoms with E-state index in [-0.39, 0.29) is 5.91 Å². The number of carbonyl (C=O) groups is 1. The molecule has 26 heavy (non-hydrogen) atoms. The number of benzene rings is 1. The van der Waals surface area contributed by atoms with Gasteiger partial charge in [-0.2, -0.15) is 0 Å². The maximum absolute atomic E-state index is 12.8. The summed E-state index contributed by atoms with van der Waals surface area (Å²) >= 11 is 0. The molecule has 0 spiro atoms. The molecule has 3 rings (SSSR count). The lowest BCUT2D eigenvalue weighted by atomic mass is 10.1. The third kappa shape index (κ3) is 4.05. The van der Waals surface area contributed by atoms with E-state index in [4.69, 9.17) is 0 Å². The molecule has 0 aliphatic carbocycles. The number of likely N-dealkylation sites (N-methyl/N-ethyl adjacent to an activating group) is 1. The Kier molecular flexibility index (Phi) is 5.89. The van der Waals surface area contributed by atoms with Crippen molar-refractivity contribution in [2.45, 2.75) is 27.2 Å². The van der Waals surface area contributed by atoms with Crippen molar-refractivity contribution in [3.8, 4) is 0 Å². The Bertz CT molecular complexity index is 766. The van der Waals surface area contributed by atoms with Gasteiger partial charge in [-0.05, 0) is 43.1 Å². The molecule has 1 aromatic heterocycles.